The summed E-state index contributed by atoms with van der Waals surface area (Å²) >= 11 is 5.50. The number of rotatable bonds is 3. The summed E-state index contributed by atoms with van der Waals surface area (Å²) in [6.07, 6.45) is 2.01. The molecule has 1 unspecified atom stereocenters. The second-order valence-corrected chi connectivity index (χ2v) is 3.85. The van der Waals surface area contributed by atoms with E-state index in [2.05, 4.69) is 23.6 Å². The number of likely N-dealkylation sites (N-methyl/N-ethyl adjacent to an activating group) is 1. The molecule has 0 aliphatic carbocycles. The van der Waals surface area contributed by atoms with Crippen molar-refractivity contribution in [1.82, 2.24) is 9.80 Å². The molecule has 1 fully saturated rings. The van der Waals surface area contributed by atoms with E-state index in [1.54, 1.807) is 5.54 Å². The fourth-order valence-electron chi connectivity index (χ4n) is 1.90. The van der Waals surface area contributed by atoms with E-state index in [4.69, 9.17) is 11.6 Å². The second kappa shape index (κ2) is 5.63. The Hall–Kier alpha value is -0.0500. The highest BCUT2D eigenvalue weighted by atomic mass is 35.5. The average Bonchev–Trinajstić information content (AvgIpc) is 2.15. The Morgan fingerprint density at radius 1 is 1.46 bits per heavy atom. The van der Waals surface area contributed by atoms with Crippen LogP contribution in [-0.4, -0.2) is 48.6 Å². The predicted octanol–water partition coefficient (Wildman–Crippen LogP) is 1.76. The predicted molar refractivity (Wildman–Crippen MR) is 58.1 cm³/mol. The van der Waals surface area contributed by atoms with Crippen molar-refractivity contribution in [3.05, 3.63) is 11.6 Å². The van der Waals surface area contributed by atoms with Gasteiger partial charge in [-0.1, -0.05) is 24.6 Å². The number of hydrogen-bond acceptors (Lipinski definition) is 2. The first-order chi connectivity index (χ1) is 6.27. The van der Waals surface area contributed by atoms with Crippen LogP contribution in [0.3, 0.4) is 0 Å². The zero-order chi connectivity index (χ0) is 9.68. The summed E-state index contributed by atoms with van der Waals surface area (Å²) in [5.74, 6) is 0. The molecule has 0 amide bonds. The standard InChI is InChI=1S/C10H19ClN2/c1-3-13-8-7-12(6-4-5-11)9-10(13)2/h4-5,10H,3,6-9H2,1-2H3/b5-4+. The van der Waals surface area contributed by atoms with Crippen molar-refractivity contribution in [3.8, 4) is 0 Å². The van der Waals surface area contributed by atoms with Gasteiger partial charge in [0.05, 0.1) is 0 Å². The van der Waals surface area contributed by atoms with Crippen LogP contribution in [0.4, 0.5) is 0 Å². The molecule has 0 spiro atoms. The van der Waals surface area contributed by atoms with E-state index in [1.165, 1.54) is 19.6 Å². The van der Waals surface area contributed by atoms with Gasteiger partial charge in [0, 0.05) is 37.8 Å². The lowest BCUT2D eigenvalue weighted by Crippen LogP contribution is -2.51. The average molecular weight is 203 g/mol. The van der Waals surface area contributed by atoms with E-state index in [0.717, 1.165) is 13.1 Å². The van der Waals surface area contributed by atoms with Crippen molar-refractivity contribution in [2.45, 2.75) is 19.9 Å². The van der Waals surface area contributed by atoms with Crippen LogP contribution in [0.25, 0.3) is 0 Å². The Morgan fingerprint density at radius 2 is 2.23 bits per heavy atom. The molecule has 3 heteroatoms. The molecule has 1 atom stereocenters. The smallest absolute Gasteiger partial charge is 0.0195 e. The molecule has 13 heavy (non-hydrogen) atoms. The van der Waals surface area contributed by atoms with Gasteiger partial charge in [0.1, 0.15) is 0 Å². The maximum absolute atomic E-state index is 5.50. The highest BCUT2D eigenvalue weighted by Gasteiger charge is 2.20. The molecule has 0 bridgehead atoms. The maximum Gasteiger partial charge on any atom is 0.0195 e. The molecule has 0 N–H and O–H groups in total. The number of halogens is 1. The first kappa shape index (κ1) is 11.0. The minimum atomic E-state index is 0.683. The van der Waals surface area contributed by atoms with Crippen LogP contribution >= 0.6 is 11.6 Å². The summed E-state index contributed by atoms with van der Waals surface area (Å²) < 4.78 is 0. The van der Waals surface area contributed by atoms with Crippen LogP contribution in [0.15, 0.2) is 11.6 Å². The van der Waals surface area contributed by atoms with Crippen LogP contribution < -0.4 is 0 Å². The van der Waals surface area contributed by atoms with Crippen molar-refractivity contribution < 1.29 is 0 Å². The largest absolute Gasteiger partial charge is 0.298 e. The van der Waals surface area contributed by atoms with E-state index in [-0.39, 0.29) is 0 Å². The van der Waals surface area contributed by atoms with Gasteiger partial charge < -0.3 is 0 Å². The van der Waals surface area contributed by atoms with Crippen LogP contribution in [0.5, 0.6) is 0 Å². The molecule has 1 aliphatic heterocycles. The molecule has 76 valence electrons. The van der Waals surface area contributed by atoms with E-state index in [9.17, 15) is 0 Å². The summed E-state index contributed by atoms with van der Waals surface area (Å²) in [6, 6.07) is 0.683. The van der Waals surface area contributed by atoms with E-state index >= 15 is 0 Å². The van der Waals surface area contributed by atoms with Gasteiger partial charge in [-0.3, -0.25) is 9.80 Å². The van der Waals surface area contributed by atoms with Gasteiger partial charge in [0.25, 0.3) is 0 Å². The van der Waals surface area contributed by atoms with Crippen molar-refractivity contribution in [3.63, 3.8) is 0 Å². The summed E-state index contributed by atoms with van der Waals surface area (Å²) in [5.41, 5.74) is 1.61. The van der Waals surface area contributed by atoms with Crippen molar-refractivity contribution in [1.29, 1.82) is 0 Å². The third kappa shape index (κ3) is 3.29. The van der Waals surface area contributed by atoms with Crippen molar-refractivity contribution in [2.24, 2.45) is 0 Å². The highest BCUT2D eigenvalue weighted by molar-refractivity contribution is 6.25. The van der Waals surface area contributed by atoms with Gasteiger partial charge in [0.2, 0.25) is 0 Å². The third-order valence-electron chi connectivity index (χ3n) is 2.71. The lowest BCUT2D eigenvalue weighted by Gasteiger charge is -2.38. The lowest BCUT2D eigenvalue weighted by atomic mass is 10.2. The van der Waals surface area contributed by atoms with Gasteiger partial charge >= 0.3 is 0 Å². The van der Waals surface area contributed by atoms with Gasteiger partial charge in [-0.2, -0.15) is 0 Å². The first-order valence-electron chi connectivity index (χ1n) is 4.99. The molecule has 1 aliphatic rings. The zero-order valence-corrected chi connectivity index (χ0v) is 9.30. The molecule has 0 aromatic rings. The Labute approximate surface area is 86.2 Å². The monoisotopic (exact) mass is 202 g/mol. The maximum atomic E-state index is 5.50. The van der Waals surface area contributed by atoms with Crippen molar-refractivity contribution >= 4 is 11.6 Å². The quantitative estimate of drug-likeness (QED) is 0.689. The molecular formula is C10H19ClN2. The lowest BCUT2D eigenvalue weighted by molar-refractivity contribution is 0.0961. The molecule has 0 saturated carbocycles. The van der Waals surface area contributed by atoms with Crippen LogP contribution in [0, 0.1) is 0 Å². The molecule has 1 heterocycles. The molecule has 0 aromatic heterocycles. The SMILES string of the molecule is CCN1CCN(C/C=C/Cl)CC1C. The number of piperazine rings is 1. The molecule has 0 radical (unpaired) electrons. The highest BCUT2D eigenvalue weighted by Crippen LogP contribution is 2.08. The Kier molecular flexibility index (Phi) is 4.78. The number of hydrogen-bond donors (Lipinski definition) is 0. The van der Waals surface area contributed by atoms with Crippen LogP contribution in [-0.2, 0) is 0 Å². The summed E-state index contributed by atoms with van der Waals surface area (Å²) in [5, 5.41) is 0. The molecule has 2 nitrogen and oxygen atoms in total. The summed E-state index contributed by atoms with van der Waals surface area (Å²) in [4.78, 5) is 4.95. The van der Waals surface area contributed by atoms with Gasteiger partial charge in [-0.25, -0.2) is 0 Å². The van der Waals surface area contributed by atoms with Gasteiger partial charge in [0.15, 0.2) is 0 Å². The Balaban J connectivity index is 2.32. The fraction of sp³-hybridized carbons (Fsp3) is 0.800. The molecule has 1 saturated heterocycles. The van der Waals surface area contributed by atoms with E-state index < -0.39 is 0 Å². The first-order valence-corrected chi connectivity index (χ1v) is 5.43. The minimum absolute atomic E-state index is 0.683. The topological polar surface area (TPSA) is 6.48 Å². The third-order valence-corrected chi connectivity index (χ3v) is 2.89. The van der Waals surface area contributed by atoms with Crippen molar-refractivity contribution in [2.75, 3.05) is 32.7 Å². The normalized spacial score (nSPS) is 27.2. The molecular weight excluding hydrogens is 184 g/mol. The fourth-order valence-corrected chi connectivity index (χ4v) is 1.97. The van der Waals surface area contributed by atoms with Crippen LogP contribution in [0.2, 0.25) is 0 Å². The van der Waals surface area contributed by atoms with Gasteiger partial charge in [-0.05, 0) is 13.5 Å². The zero-order valence-electron chi connectivity index (χ0n) is 8.54. The second-order valence-electron chi connectivity index (χ2n) is 3.60. The summed E-state index contributed by atoms with van der Waals surface area (Å²) in [7, 11) is 0. The van der Waals surface area contributed by atoms with E-state index in [1.807, 2.05) is 6.08 Å². The number of nitrogens with zero attached hydrogens (tertiary/aromatic N) is 2. The molecule has 0 aromatic carbocycles. The summed E-state index contributed by atoms with van der Waals surface area (Å²) in [6.45, 7) is 10.2. The Bertz CT molecular complexity index is 170. The Morgan fingerprint density at radius 3 is 2.77 bits per heavy atom. The minimum Gasteiger partial charge on any atom is -0.298 e. The molecule has 1 rings (SSSR count). The van der Waals surface area contributed by atoms with E-state index in [0.29, 0.717) is 6.04 Å². The van der Waals surface area contributed by atoms with Gasteiger partial charge in [-0.15, -0.1) is 0 Å². The van der Waals surface area contributed by atoms with Crippen LogP contribution in [0.1, 0.15) is 13.8 Å².